The molecule has 0 radical (unpaired) electrons. The van der Waals surface area contributed by atoms with Crippen molar-refractivity contribution in [2.24, 2.45) is 5.41 Å². The normalized spacial score (nSPS) is 14.5. The van der Waals surface area contributed by atoms with E-state index in [1.807, 2.05) is 36.4 Å². The molecule has 0 aliphatic heterocycles. The van der Waals surface area contributed by atoms with Crippen LogP contribution >= 0.6 is 0 Å². The topological polar surface area (TPSA) is 115 Å². The van der Waals surface area contributed by atoms with E-state index in [0.29, 0.717) is 45.1 Å². The summed E-state index contributed by atoms with van der Waals surface area (Å²) in [5, 5.41) is 16.4. The molecule has 1 aliphatic rings. The van der Waals surface area contributed by atoms with Crippen LogP contribution in [0.4, 0.5) is 0 Å². The second-order valence-corrected chi connectivity index (χ2v) is 9.95. The molecular weight excluding hydrogens is 464 g/mol. The minimum absolute atomic E-state index is 0.152. The average Bonchev–Trinajstić information content (AvgIpc) is 3.63. The van der Waals surface area contributed by atoms with E-state index in [1.165, 1.54) is 0 Å². The van der Waals surface area contributed by atoms with Crippen molar-refractivity contribution < 1.29 is 14.4 Å². The lowest BCUT2D eigenvalue weighted by Gasteiger charge is -2.20. The fourth-order valence-electron chi connectivity index (χ4n) is 4.72. The van der Waals surface area contributed by atoms with Crippen molar-refractivity contribution in [1.29, 1.82) is 5.26 Å². The molecule has 3 aromatic rings. The largest absolute Gasteiger partial charge is 0.354 e. The smallest absolute Gasteiger partial charge is 0.242 e. The molecule has 1 atom stereocenters. The Morgan fingerprint density at radius 3 is 2.46 bits per heavy atom. The zero-order valence-electron chi connectivity index (χ0n) is 21.3. The third kappa shape index (κ3) is 6.45. The van der Waals surface area contributed by atoms with Gasteiger partial charge in [-0.05, 0) is 56.2 Å². The van der Waals surface area contributed by atoms with Gasteiger partial charge in [-0.1, -0.05) is 61.4 Å². The summed E-state index contributed by atoms with van der Waals surface area (Å²) in [6.07, 6.45) is 4.97. The molecule has 0 unspecified atom stereocenters. The van der Waals surface area contributed by atoms with Crippen molar-refractivity contribution in [3.63, 3.8) is 0 Å². The van der Waals surface area contributed by atoms with Crippen LogP contribution in [0.25, 0.3) is 22.2 Å². The summed E-state index contributed by atoms with van der Waals surface area (Å²) in [4.78, 5) is 40.6. The molecule has 2 amide bonds. The van der Waals surface area contributed by atoms with Crippen molar-refractivity contribution in [2.75, 3.05) is 6.54 Å². The van der Waals surface area contributed by atoms with Gasteiger partial charge in [0.05, 0.1) is 6.07 Å². The van der Waals surface area contributed by atoms with Crippen molar-refractivity contribution in [3.8, 4) is 17.3 Å². The number of benzene rings is 2. The van der Waals surface area contributed by atoms with E-state index in [9.17, 15) is 19.6 Å². The standard InChI is InChI=1S/C30H34N4O3/c1-21(35)10-4-2-7-15-26(34-29(37)30(20-31)17-18-30)28(36)32-19-16-24-23-13-8-9-14-25(23)33-27(24)22-11-5-3-6-12-22/h3,5-6,8-9,11-14,26,33H,2,4,7,10,15-19H2,1H3,(H,32,36)(H,34,37)/t26-/m0/s1. The maximum Gasteiger partial charge on any atom is 0.242 e. The highest BCUT2D eigenvalue weighted by Gasteiger charge is 2.51. The van der Waals surface area contributed by atoms with Crippen LogP contribution in [0, 0.1) is 16.7 Å². The van der Waals surface area contributed by atoms with E-state index < -0.39 is 11.5 Å². The predicted octanol–water partition coefficient (Wildman–Crippen LogP) is 4.82. The lowest BCUT2D eigenvalue weighted by atomic mass is 10.0. The summed E-state index contributed by atoms with van der Waals surface area (Å²) in [6, 6.07) is 19.6. The number of carbonyl (C=O) groups excluding carboxylic acids is 3. The molecule has 37 heavy (non-hydrogen) atoms. The number of nitrogens with zero attached hydrogens (tertiary/aromatic N) is 1. The molecule has 4 rings (SSSR count). The van der Waals surface area contributed by atoms with Gasteiger partial charge < -0.3 is 20.4 Å². The number of fused-ring (bicyclic) bond motifs is 1. The number of amides is 2. The highest BCUT2D eigenvalue weighted by atomic mass is 16.2. The number of rotatable bonds is 13. The molecule has 1 fully saturated rings. The molecule has 7 nitrogen and oxygen atoms in total. The predicted molar refractivity (Wildman–Crippen MR) is 143 cm³/mol. The summed E-state index contributed by atoms with van der Waals surface area (Å²) in [5.74, 6) is -0.448. The highest BCUT2D eigenvalue weighted by molar-refractivity contribution is 5.93. The van der Waals surface area contributed by atoms with E-state index >= 15 is 0 Å². The number of nitriles is 1. The average molecular weight is 499 g/mol. The van der Waals surface area contributed by atoms with Gasteiger partial charge in [0.1, 0.15) is 17.2 Å². The first-order valence-electron chi connectivity index (χ1n) is 13.1. The van der Waals surface area contributed by atoms with Gasteiger partial charge in [-0.25, -0.2) is 0 Å². The number of unbranched alkanes of at least 4 members (excludes halogenated alkanes) is 2. The van der Waals surface area contributed by atoms with Gasteiger partial charge in [0.15, 0.2) is 0 Å². The molecule has 0 saturated heterocycles. The van der Waals surface area contributed by atoms with Crippen molar-refractivity contribution in [2.45, 2.75) is 64.3 Å². The van der Waals surface area contributed by atoms with Crippen LogP contribution in [0.3, 0.4) is 0 Å². The number of carbonyl (C=O) groups is 3. The second kappa shape index (κ2) is 11.9. The first-order chi connectivity index (χ1) is 17.9. The number of aromatic amines is 1. The summed E-state index contributed by atoms with van der Waals surface area (Å²) < 4.78 is 0. The number of nitrogens with one attached hydrogen (secondary N) is 3. The summed E-state index contributed by atoms with van der Waals surface area (Å²) in [5.41, 5.74) is 3.32. The van der Waals surface area contributed by atoms with Gasteiger partial charge in [-0.2, -0.15) is 5.26 Å². The number of ketones is 1. The molecule has 1 aromatic heterocycles. The minimum Gasteiger partial charge on any atom is -0.354 e. The lowest BCUT2D eigenvalue weighted by Crippen LogP contribution is -2.49. The van der Waals surface area contributed by atoms with Crippen LogP contribution in [0.15, 0.2) is 54.6 Å². The monoisotopic (exact) mass is 498 g/mol. The summed E-state index contributed by atoms with van der Waals surface area (Å²) in [6.45, 7) is 1.99. The molecule has 7 heteroatoms. The first-order valence-corrected chi connectivity index (χ1v) is 13.1. The molecule has 192 valence electrons. The zero-order chi connectivity index (χ0) is 26.3. The van der Waals surface area contributed by atoms with Gasteiger partial charge in [-0.3, -0.25) is 9.59 Å². The van der Waals surface area contributed by atoms with Gasteiger partial charge in [-0.15, -0.1) is 0 Å². The third-order valence-corrected chi connectivity index (χ3v) is 7.09. The van der Waals surface area contributed by atoms with Gasteiger partial charge >= 0.3 is 0 Å². The Balaban J connectivity index is 1.42. The van der Waals surface area contributed by atoms with Crippen LogP contribution in [0.2, 0.25) is 0 Å². The summed E-state index contributed by atoms with van der Waals surface area (Å²) in [7, 11) is 0. The van der Waals surface area contributed by atoms with Gasteiger partial charge in [0.25, 0.3) is 0 Å². The number of para-hydroxylation sites is 1. The van der Waals surface area contributed by atoms with E-state index in [2.05, 4.69) is 39.9 Å². The summed E-state index contributed by atoms with van der Waals surface area (Å²) >= 11 is 0. The molecule has 1 aliphatic carbocycles. The Labute approximate surface area is 217 Å². The minimum atomic E-state index is -0.984. The van der Waals surface area contributed by atoms with Crippen LogP contribution < -0.4 is 10.6 Å². The number of hydrogen-bond donors (Lipinski definition) is 3. The molecule has 0 spiro atoms. The van der Waals surface area contributed by atoms with E-state index in [0.717, 1.165) is 40.6 Å². The van der Waals surface area contributed by atoms with Gasteiger partial charge in [0, 0.05) is 29.6 Å². The van der Waals surface area contributed by atoms with Crippen molar-refractivity contribution in [1.82, 2.24) is 15.6 Å². The van der Waals surface area contributed by atoms with E-state index in [4.69, 9.17) is 0 Å². The first kappa shape index (κ1) is 26.2. The molecule has 2 aromatic carbocycles. The Hall–Kier alpha value is -3.92. The molecule has 0 bridgehead atoms. The number of Topliss-reactive ketones (excluding diaryl/α,β-unsaturated/α-hetero) is 1. The molecular formula is C30H34N4O3. The quantitative estimate of drug-likeness (QED) is 0.293. The molecule has 1 saturated carbocycles. The van der Waals surface area contributed by atoms with Crippen LogP contribution in [-0.2, 0) is 20.8 Å². The fourth-order valence-corrected chi connectivity index (χ4v) is 4.72. The van der Waals surface area contributed by atoms with Crippen LogP contribution in [-0.4, -0.2) is 35.2 Å². The van der Waals surface area contributed by atoms with Crippen molar-refractivity contribution >= 4 is 28.5 Å². The lowest BCUT2D eigenvalue weighted by molar-refractivity contribution is -0.131. The number of hydrogen-bond acceptors (Lipinski definition) is 4. The van der Waals surface area contributed by atoms with Gasteiger partial charge in [0.2, 0.25) is 11.8 Å². The maximum absolute atomic E-state index is 13.2. The zero-order valence-corrected chi connectivity index (χ0v) is 21.3. The van der Waals surface area contributed by atoms with Crippen molar-refractivity contribution in [3.05, 3.63) is 60.2 Å². The Kier molecular flexibility index (Phi) is 8.39. The SMILES string of the molecule is CC(=O)CCCCC[C@H](NC(=O)C1(C#N)CC1)C(=O)NCCc1c(-c2ccccc2)[nH]c2ccccc12. The molecule has 1 heterocycles. The Bertz CT molecular complexity index is 1300. The molecule has 3 N–H and O–H groups in total. The maximum atomic E-state index is 13.2. The van der Waals surface area contributed by atoms with Crippen LogP contribution in [0.1, 0.15) is 57.4 Å². The third-order valence-electron chi connectivity index (χ3n) is 7.09. The fraction of sp³-hybridized carbons (Fsp3) is 0.400. The Morgan fingerprint density at radius 2 is 1.76 bits per heavy atom. The number of H-pyrrole nitrogens is 1. The number of aromatic nitrogens is 1. The van der Waals surface area contributed by atoms with E-state index in [-0.39, 0.29) is 17.6 Å². The highest BCUT2D eigenvalue weighted by Crippen LogP contribution is 2.45. The second-order valence-electron chi connectivity index (χ2n) is 9.95. The Morgan fingerprint density at radius 1 is 1.03 bits per heavy atom. The van der Waals surface area contributed by atoms with E-state index in [1.54, 1.807) is 6.92 Å². The van der Waals surface area contributed by atoms with Crippen LogP contribution in [0.5, 0.6) is 0 Å².